The van der Waals surface area contributed by atoms with E-state index in [2.05, 4.69) is 38.6 Å². The molecule has 0 saturated carbocycles. The van der Waals surface area contributed by atoms with Crippen molar-refractivity contribution in [2.75, 3.05) is 0 Å². The fraction of sp³-hybridized carbons (Fsp3) is 0.143. The molecular formula is C28H26N2. The highest BCUT2D eigenvalue weighted by molar-refractivity contribution is 6.04. The van der Waals surface area contributed by atoms with Crippen molar-refractivity contribution in [2.45, 2.75) is 26.7 Å². The molecule has 0 N–H and O–H groups in total. The van der Waals surface area contributed by atoms with Gasteiger partial charge in [-0.1, -0.05) is 105 Å². The minimum Gasteiger partial charge on any atom is -0.251 e. The van der Waals surface area contributed by atoms with Crippen LogP contribution in [0.25, 0.3) is 11.3 Å². The zero-order valence-electron chi connectivity index (χ0n) is 17.8. The molecule has 0 atom stereocenters. The van der Waals surface area contributed by atoms with Crippen LogP contribution in [-0.4, -0.2) is 5.71 Å². The van der Waals surface area contributed by atoms with E-state index in [4.69, 9.17) is 4.99 Å². The lowest BCUT2D eigenvalue weighted by molar-refractivity contribution is 0.866. The molecule has 0 unspecified atom stereocenters. The lowest BCUT2D eigenvalue weighted by atomic mass is 9.94. The number of allylic oxidation sites excluding steroid dienone is 2. The number of hydrogen-bond acceptors (Lipinski definition) is 2. The summed E-state index contributed by atoms with van der Waals surface area (Å²) in [6.45, 7) is 10.5. The van der Waals surface area contributed by atoms with Crippen molar-refractivity contribution in [1.82, 2.24) is 0 Å². The van der Waals surface area contributed by atoms with Crippen LogP contribution in [0.3, 0.4) is 0 Å². The van der Waals surface area contributed by atoms with E-state index in [9.17, 15) is 5.26 Å². The minimum absolute atomic E-state index is 0.441. The topological polar surface area (TPSA) is 36.1 Å². The van der Waals surface area contributed by atoms with Gasteiger partial charge < -0.3 is 0 Å². The third-order valence-electron chi connectivity index (χ3n) is 5.09. The number of hydrogen-bond donors (Lipinski definition) is 0. The van der Waals surface area contributed by atoms with Gasteiger partial charge in [-0.15, -0.1) is 0 Å². The van der Waals surface area contributed by atoms with Gasteiger partial charge in [0, 0.05) is 11.3 Å². The van der Waals surface area contributed by atoms with Gasteiger partial charge in [0.05, 0.1) is 11.3 Å². The highest BCUT2D eigenvalue weighted by atomic mass is 14.8. The molecule has 3 rings (SSSR count). The maximum absolute atomic E-state index is 10.1. The summed E-state index contributed by atoms with van der Waals surface area (Å²) in [6, 6.07) is 30.5. The van der Waals surface area contributed by atoms with Crippen LogP contribution in [0.5, 0.6) is 0 Å². The first-order valence-electron chi connectivity index (χ1n) is 10.1. The predicted octanol–water partition coefficient (Wildman–Crippen LogP) is 7.27. The molecule has 3 aromatic carbocycles. The average Bonchev–Trinajstić information content (AvgIpc) is 2.80. The molecule has 0 saturated heterocycles. The second-order valence-corrected chi connectivity index (χ2v) is 7.52. The number of nitrogens with zero attached hydrogens (tertiary/aromatic N) is 2. The molecule has 0 fully saturated rings. The van der Waals surface area contributed by atoms with E-state index >= 15 is 0 Å². The zero-order valence-corrected chi connectivity index (χ0v) is 17.8. The summed E-state index contributed by atoms with van der Waals surface area (Å²) in [5, 5.41) is 10.1. The summed E-state index contributed by atoms with van der Waals surface area (Å²) >= 11 is 0. The molecule has 0 aliphatic heterocycles. The molecule has 0 aliphatic carbocycles. The second kappa shape index (κ2) is 9.67. The Bertz CT molecular complexity index is 1110. The summed E-state index contributed by atoms with van der Waals surface area (Å²) in [5.41, 5.74) is 6.74. The molecular weight excluding hydrogens is 364 g/mol. The van der Waals surface area contributed by atoms with Crippen LogP contribution in [0.2, 0.25) is 0 Å². The lowest BCUT2D eigenvalue weighted by Gasteiger charge is -2.13. The summed E-state index contributed by atoms with van der Waals surface area (Å²) in [5.74, 6) is 0.441. The van der Waals surface area contributed by atoms with Crippen LogP contribution >= 0.6 is 0 Å². The lowest BCUT2D eigenvalue weighted by Crippen LogP contribution is -1.99. The first-order chi connectivity index (χ1) is 14.5. The first-order valence-corrected chi connectivity index (χ1v) is 10.1. The maximum Gasteiger partial charge on any atom is 0.102 e. The molecule has 0 amide bonds. The fourth-order valence-electron chi connectivity index (χ4n) is 3.25. The Morgan fingerprint density at radius 3 is 1.83 bits per heavy atom. The van der Waals surface area contributed by atoms with Gasteiger partial charge in [-0.3, -0.25) is 4.99 Å². The monoisotopic (exact) mass is 390 g/mol. The van der Waals surface area contributed by atoms with Crippen molar-refractivity contribution in [1.29, 1.82) is 5.26 Å². The summed E-state index contributed by atoms with van der Waals surface area (Å²) < 4.78 is 0. The number of rotatable bonds is 6. The van der Waals surface area contributed by atoms with Gasteiger partial charge in [-0.05, 0) is 35.1 Å². The number of nitriles is 1. The van der Waals surface area contributed by atoms with Crippen LogP contribution in [-0.2, 0) is 0 Å². The van der Waals surface area contributed by atoms with E-state index in [-0.39, 0.29) is 0 Å². The fourth-order valence-corrected chi connectivity index (χ4v) is 3.25. The Balaban J connectivity index is 2.18. The molecule has 0 aromatic heterocycles. The van der Waals surface area contributed by atoms with E-state index in [1.807, 2.05) is 79.7 Å². The van der Waals surface area contributed by atoms with Crippen LogP contribution in [0, 0.1) is 11.3 Å². The third kappa shape index (κ3) is 4.82. The quantitative estimate of drug-likeness (QED) is 0.248. The highest BCUT2D eigenvalue weighted by Gasteiger charge is 2.15. The Morgan fingerprint density at radius 2 is 1.33 bits per heavy atom. The van der Waals surface area contributed by atoms with Crippen molar-refractivity contribution in [3.05, 3.63) is 119 Å². The molecule has 0 radical (unpaired) electrons. The molecule has 0 heterocycles. The van der Waals surface area contributed by atoms with Gasteiger partial charge in [-0.25, -0.2) is 0 Å². The van der Waals surface area contributed by atoms with Crippen LogP contribution in [0.15, 0.2) is 102 Å². The van der Waals surface area contributed by atoms with Gasteiger partial charge in [0.15, 0.2) is 0 Å². The summed E-state index contributed by atoms with van der Waals surface area (Å²) in [6.07, 6.45) is 0. The minimum atomic E-state index is 0.441. The Morgan fingerprint density at radius 1 is 0.800 bits per heavy atom. The van der Waals surface area contributed by atoms with E-state index < -0.39 is 0 Å². The predicted molar refractivity (Wildman–Crippen MR) is 127 cm³/mol. The Labute approximate surface area is 179 Å². The highest BCUT2D eigenvalue weighted by Crippen LogP contribution is 2.31. The second-order valence-electron chi connectivity index (χ2n) is 7.52. The van der Waals surface area contributed by atoms with Gasteiger partial charge in [-0.2, -0.15) is 5.26 Å². The van der Waals surface area contributed by atoms with Crippen LogP contribution < -0.4 is 0 Å². The molecule has 0 spiro atoms. The Hall–Kier alpha value is -3.70. The van der Waals surface area contributed by atoms with Crippen molar-refractivity contribution >= 4 is 17.0 Å². The molecule has 2 heteroatoms. The van der Waals surface area contributed by atoms with Gasteiger partial charge in [0.25, 0.3) is 0 Å². The van der Waals surface area contributed by atoms with Crippen molar-refractivity contribution in [3.63, 3.8) is 0 Å². The third-order valence-corrected chi connectivity index (χ3v) is 5.09. The summed E-state index contributed by atoms with van der Waals surface area (Å²) in [7, 11) is 0. The molecule has 0 bridgehead atoms. The largest absolute Gasteiger partial charge is 0.251 e. The van der Waals surface area contributed by atoms with E-state index in [1.54, 1.807) is 0 Å². The van der Waals surface area contributed by atoms with Crippen LogP contribution in [0.4, 0.5) is 0 Å². The van der Waals surface area contributed by atoms with E-state index in [0.29, 0.717) is 22.8 Å². The molecule has 148 valence electrons. The van der Waals surface area contributed by atoms with Crippen molar-refractivity contribution in [2.24, 2.45) is 4.99 Å². The average molecular weight is 391 g/mol. The normalized spacial score (nSPS) is 12.3. The SMILES string of the molecule is C=C(/C(C#N)=C(\N=C(/C)c1ccccc1)c1ccc(C(C)C)cc1)c1ccccc1. The molecule has 30 heavy (non-hydrogen) atoms. The van der Waals surface area contributed by atoms with E-state index in [1.165, 1.54) is 5.56 Å². The van der Waals surface area contributed by atoms with E-state index in [0.717, 1.165) is 22.4 Å². The van der Waals surface area contributed by atoms with Gasteiger partial charge >= 0.3 is 0 Å². The zero-order chi connectivity index (χ0) is 21.5. The van der Waals surface area contributed by atoms with Crippen LogP contribution in [0.1, 0.15) is 48.9 Å². The summed E-state index contributed by atoms with van der Waals surface area (Å²) in [4.78, 5) is 4.92. The molecule has 3 aromatic rings. The molecule has 2 nitrogen and oxygen atoms in total. The van der Waals surface area contributed by atoms with Gasteiger partial charge in [0.2, 0.25) is 0 Å². The van der Waals surface area contributed by atoms with Crippen molar-refractivity contribution in [3.8, 4) is 6.07 Å². The smallest absolute Gasteiger partial charge is 0.102 e. The maximum atomic E-state index is 10.1. The Kier molecular flexibility index (Phi) is 6.78. The number of benzene rings is 3. The first kappa shape index (κ1) is 21.0. The standard InChI is InChI=1S/C28H26N2/c1-20(2)23-15-17-26(18-16-23)28(30-22(4)25-13-9-6-10-14-25)27(19-29)21(3)24-11-7-5-8-12-24/h5-18,20H,3H2,1-2,4H3/b28-27-,30-22+. The van der Waals surface area contributed by atoms with Crippen molar-refractivity contribution < 1.29 is 0 Å². The molecule has 0 aliphatic rings. The van der Waals surface area contributed by atoms with Gasteiger partial charge in [0.1, 0.15) is 6.07 Å². The number of aliphatic imine (C=N–C) groups is 1.